The fraction of sp³-hybridized carbons (Fsp3) is 0.467. The molecule has 2 N–H and O–H groups in total. The van der Waals surface area contributed by atoms with Crippen molar-refractivity contribution >= 4 is 17.5 Å². The van der Waals surface area contributed by atoms with Gasteiger partial charge in [0.2, 0.25) is 11.8 Å². The second kappa shape index (κ2) is 5.94. The van der Waals surface area contributed by atoms with Gasteiger partial charge in [0.1, 0.15) is 11.8 Å². The van der Waals surface area contributed by atoms with Gasteiger partial charge in [-0.3, -0.25) is 9.59 Å². The zero-order chi connectivity index (χ0) is 14.7. The molecule has 1 aromatic rings. The van der Waals surface area contributed by atoms with Crippen LogP contribution < -0.4 is 15.4 Å². The van der Waals surface area contributed by atoms with Gasteiger partial charge in [-0.25, -0.2) is 0 Å². The molecule has 2 rings (SSSR count). The summed E-state index contributed by atoms with van der Waals surface area (Å²) < 4.78 is 5.60. The maximum Gasteiger partial charge on any atom is 0.246 e. The van der Waals surface area contributed by atoms with Crippen molar-refractivity contribution in [3.63, 3.8) is 0 Å². The summed E-state index contributed by atoms with van der Waals surface area (Å²) in [5, 5.41) is 5.50. The van der Waals surface area contributed by atoms with E-state index in [1.807, 2.05) is 39.0 Å². The molecule has 1 aliphatic rings. The SMILES string of the molecule is Cc1cc(OC(C)C)ccc1NC(=O)[C@@H]1CCC(=O)N1. The van der Waals surface area contributed by atoms with Gasteiger partial charge >= 0.3 is 0 Å². The highest BCUT2D eigenvalue weighted by Gasteiger charge is 2.27. The number of benzene rings is 1. The molecule has 1 aliphatic heterocycles. The van der Waals surface area contributed by atoms with Gasteiger partial charge in [0, 0.05) is 12.1 Å². The minimum Gasteiger partial charge on any atom is -0.491 e. The number of amides is 2. The smallest absolute Gasteiger partial charge is 0.246 e. The zero-order valence-corrected chi connectivity index (χ0v) is 12.0. The Kier molecular flexibility index (Phi) is 4.27. The summed E-state index contributed by atoms with van der Waals surface area (Å²) >= 11 is 0. The van der Waals surface area contributed by atoms with Crippen LogP contribution in [0.1, 0.15) is 32.3 Å². The molecule has 0 radical (unpaired) electrons. The first-order chi connectivity index (χ1) is 9.45. The van der Waals surface area contributed by atoms with Gasteiger partial charge in [-0.2, -0.15) is 0 Å². The lowest BCUT2D eigenvalue weighted by atomic mass is 10.1. The standard InChI is InChI=1S/C15H20N2O3/c1-9(2)20-11-4-5-12(10(3)8-11)17-15(19)13-6-7-14(18)16-13/h4-5,8-9,13H,6-7H2,1-3H3,(H,16,18)(H,17,19)/t13-/m0/s1. The van der Waals surface area contributed by atoms with E-state index in [1.165, 1.54) is 0 Å². The largest absolute Gasteiger partial charge is 0.491 e. The molecule has 2 amide bonds. The summed E-state index contributed by atoms with van der Waals surface area (Å²) in [7, 11) is 0. The Morgan fingerprint density at radius 2 is 2.20 bits per heavy atom. The van der Waals surface area contributed by atoms with Crippen molar-refractivity contribution in [2.45, 2.75) is 45.8 Å². The number of nitrogens with one attached hydrogen (secondary N) is 2. The van der Waals surface area contributed by atoms with Gasteiger partial charge in [-0.15, -0.1) is 0 Å². The molecule has 20 heavy (non-hydrogen) atoms. The summed E-state index contributed by atoms with van der Waals surface area (Å²) in [6.45, 7) is 5.84. The van der Waals surface area contributed by atoms with Gasteiger partial charge in [-0.05, 0) is 51.0 Å². The van der Waals surface area contributed by atoms with Crippen molar-refractivity contribution < 1.29 is 14.3 Å². The molecule has 0 aromatic heterocycles. The van der Waals surface area contributed by atoms with Gasteiger partial charge in [0.15, 0.2) is 0 Å². The third-order valence-corrected chi connectivity index (χ3v) is 3.14. The van der Waals surface area contributed by atoms with E-state index < -0.39 is 6.04 Å². The maximum absolute atomic E-state index is 12.0. The highest BCUT2D eigenvalue weighted by molar-refractivity contribution is 5.99. The lowest BCUT2D eigenvalue weighted by Gasteiger charge is -2.15. The van der Waals surface area contributed by atoms with Gasteiger partial charge in [0.05, 0.1) is 6.10 Å². The van der Waals surface area contributed by atoms with Crippen LogP contribution in [-0.2, 0) is 9.59 Å². The molecule has 0 bridgehead atoms. The number of aryl methyl sites for hydroxylation is 1. The van der Waals surface area contributed by atoms with E-state index in [-0.39, 0.29) is 17.9 Å². The normalized spacial score (nSPS) is 18.0. The Morgan fingerprint density at radius 3 is 2.75 bits per heavy atom. The summed E-state index contributed by atoms with van der Waals surface area (Å²) in [4.78, 5) is 23.1. The first-order valence-corrected chi connectivity index (χ1v) is 6.83. The molecule has 108 valence electrons. The molecular weight excluding hydrogens is 256 g/mol. The molecule has 0 saturated carbocycles. The van der Waals surface area contributed by atoms with Crippen LogP contribution in [0.25, 0.3) is 0 Å². The predicted octanol–water partition coefficient (Wildman–Crippen LogP) is 2.00. The first-order valence-electron chi connectivity index (χ1n) is 6.83. The third-order valence-electron chi connectivity index (χ3n) is 3.14. The summed E-state index contributed by atoms with van der Waals surface area (Å²) in [5.74, 6) is 0.545. The number of ether oxygens (including phenoxy) is 1. The minimum absolute atomic E-state index is 0.0671. The lowest BCUT2D eigenvalue weighted by molar-refractivity contribution is -0.122. The van der Waals surface area contributed by atoms with Crippen LogP contribution in [0, 0.1) is 6.92 Å². The van der Waals surface area contributed by atoms with Crippen molar-refractivity contribution in [1.82, 2.24) is 5.32 Å². The van der Waals surface area contributed by atoms with E-state index in [0.29, 0.717) is 12.8 Å². The fourth-order valence-electron chi connectivity index (χ4n) is 2.15. The average molecular weight is 276 g/mol. The topological polar surface area (TPSA) is 67.4 Å². The van der Waals surface area contributed by atoms with Crippen LogP contribution in [0.5, 0.6) is 5.75 Å². The van der Waals surface area contributed by atoms with Gasteiger partial charge in [0.25, 0.3) is 0 Å². The van der Waals surface area contributed by atoms with E-state index in [2.05, 4.69) is 10.6 Å². The molecule has 1 saturated heterocycles. The van der Waals surface area contributed by atoms with Crippen LogP contribution in [0.15, 0.2) is 18.2 Å². The monoisotopic (exact) mass is 276 g/mol. The quantitative estimate of drug-likeness (QED) is 0.884. The Labute approximate surface area is 118 Å². The molecule has 0 aliphatic carbocycles. The number of hydrogen-bond donors (Lipinski definition) is 2. The Hall–Kier alpha value is -2.04. The Balaban J connectivity index is 2.02. The summed E-state index contributed by atoms with van der Waals surface area (Å²) in [6.07, 6.45) is 1.08. The molecule has 1 heterocycles. The van der Waals surface area contributed by atoms with E-state index in [9.17, 15) is 9.59 Å². The van der Waals surface area contributed by atoms with Crippen molar-refractivity contribution in [3.05, 3.63) is 23.8 Å². The first kappa shape index (κ1) is 14.4. The molecule has 5 nitrogen and oxygen atoms in total. The molecule has 5 heteroatoms. The molecule has 1 fully saturated rings. The maximum atomic E-state index is 12.0. The van der Waals surface area contributed by atoms with Crippen LogP contribution in [0.2, 0.25) is 0 Å². The predicted molar refractivity (Wildman–Crippen MR) is 76.7 cm³/mol. The Bertz CT molecular complexity index is 526. The van der Waals surface area contributed by atoms with Crippen LogP contribution in [0.4, 0.5) is 5.69 Å². The number of anilines is 1. The van der Waals surface area contributed by atoms with E-state index in [1.54, 1.807) is 0 Å². The summed E-state index contributed by atoms with van der Waals surface area (Å²) in [6, 6.07) is 5.12. The minimum atomic E-state index is -0.423. The number of rotatable bonds is 4. The number of hydrogen-bond acceptors (Lipinski definition) is 3. The average Bonchev–Trinajstić information content (AvgIpc) is 2.78. The molecule has 0 spiro atoms. The molecule has 0 unspecified atom stereocenters. The van der Waals surface area contributed by atoms with Crippen LogP contribution in [-0.4, -0.2) is 24.0 Å². The fourth-order valence-corrected chi connectivity index (χ4v) is 2.15. The Morgan fingerprint density at radius 1 is 1.45 bits per heavy atom. The van der Waals surface area contributed by atoms with Crippen molar-refractivity contribution in [3.8, 4) is 5.75 Å². The van der Waals surface area contributed by atoms with Crippen molar-refractivity contribution in [2.24, 2.45) is 0 Å². The molecular formula is C15H20N2O3. The molecule has 1 atom stereocenters. The zero-order valence-electron chi connectivity index (χ0n) is 12.0. The third kappa shape index (κ3) is 3.50. The lowest BCUT2D eigenvalue weighted by Crippen LogP contribution is -2.37. The van der Waals surface area contributed by atoms with Gasteiger partial charge < -0.3 is 15.4 Å². The van der Waals surface area contributed by atoms with Crippen molar-refractivity contribution in [1.29, 1.82) is 0 Å². The number of carbonyl (C=O) groups is 2. The molecule has 1 aromatic carbocycles. The van der Waals surface area contributed by atoms with Crippen molar-refractivity contribution in [2.75, 3.05) is 5.32 Å². The summed E-state index contributed by atoms with van der Waals surface area (Å²) in [5.41, 5.74) is 1.67. The second-order valence-corrected chi connectivity index (χ2v) is 5.29. The van der Waals surface area contributed by atoms with E-state index >= 15 is 0 Å². The van der Waals surface area contributed by atoms with E-state index in [0.717, 1.165) is 17.0 Å². The highest BCUT2D eigenvalue weighted by atomic mass is 16.5. The highest BCUT2D eigenvalue weighted by Crippen LogP contribution is 2.22. The van der Waals surface area contributed by atoms with Crippen LogP contribution >= 0.6 is 0 Å². The number of carbonyl (C=O) groups excluding carboxylic acids is 2. The van der Waals surface area contributed by atoms with Crippen LogP contribution in [0.3, 0.4) is 0 Å². The van der Waals surface area contributed by atoms with Gasteiger partial charge in [-0.1, -0.05) is 0 Å². The second-order valence-electron chi connectivity index (χ2n) is 5.29. The van der Waals surface area contributed by atoms with E-state index in [4.69, 9.17) is 4.74 Å².